The van der Waals surface area contributed by atoms with Crippen molar-refractivity contribution in [3.8, 4) is 11.5 Å². The zero-order valence-electron chi connectivity index (χ0n) is 12.6. The molecule has 2 aromatic rings. The molecule has 0 saturated heterocycles. The number of ketones is 1. The summed E-state index contributed by atoms with van der Waals surface area (Å²) < 4.78 is 13.1. The lowest BCUT2D eigenvalue weighted by atomic mass is 10.1. The van der Waals surface area contributed by atoms with Gasteiger partial charge in [0.05, 0.1) is 25.3 Å². The van der Waals surface area contributed by atoms with Gasteiger partial charge < -0.3 is 14.0 Å². The standard InChI is InChI=1S/C16H20N2O3/c1-4-7-18-11-17-9-14(18)10-21-15-6-5-13(12(2)19)8-16(15)20-3/h5-6,8-9,11H,4,7,10H2,1-3H3. The Balaban J connectivity index is 2.12. The fourth-order valence-electron chi connectivity index (χ4n) is 2.07. The van der Waals surface area contributed by atoms with Gasteiger partial charge in [-0.15, -0.1) is 0 Å². The van der Waals surface area contributed by atoms with Crippen molar-refractivity contribution in [2.45, 2.75) is 33.4 Å². The van der Waals surface area contributed by atoms with Crippen molar-refractivity contribution in [2.24, 2.45) is 0 Å². The number of hydrogen-bond donors (Lipinski definition) is 0. The number of imidazole rings is 1. The second-order valence-corrected chi connectivity index (χ2v) is 4.79. The van der Waals surface area contributed by atoms with Gasteiger partial charge in [0, 0.05) is 12.1 Å². The van der Waals surface area contributed by atoms with Gasteiger partial charge in [-0.2, -0.15) is 0 Å². The van der Waals surface area contributed by atoms with Crippen molar-refractivity contribution in [1.82, 2.24) is 9.55 Å². The zero-order chi connectivity index (χ0) is 15.2. The minimum atomic E-state index is 0.000808. The van der Waals surface area contributed by atoms with Crippen LogP contribution in [0.3, 0.4) is 0 Å². The van der Waals surface area contributed by atoms with Crippen molar-refractivity contribution in [3.63, 3.8) is 0 Å². The molecular weight excluding hydrogens is 268 g/mol. The quantitative estimate of drug-likeness (QED) is 0.735. The van der Waals surface area contributed by atoms with Gasteiger partial charge in [0.1, 0.15) is 6.61 Å². The van der Waals surface area contributed by atoms with E-state index in [2.05, 4.69) is 16.5 Å². The SMILES string of the molecule is CCCn1cncc1COc1ccc(C(C)=O)cc1OC. The van der Waals surface area contributed by atoms with Crippen molar-refractivity contribution in [1.29, 1.82) is 0 Å². The van der Waals surface area contributed by atoms with Gasteiger partial charge in [-0.25, -0.2) is 4.98 Å². The predicted molar refractivity (Wildman–Crippen MR) is 79.8 cm³/mol. The maximum atomic E-state index is 11.4. The molecule has 0 amide bonds. The number of methoxy groups -OCH3 is 1. The third-order valence-electron chi connectivity index (χ3n) is 3.21. The lowest BCUT2D eigenvalue weighted by molar-refractivity contribution is 0.101. The van der Waals surface area contributed by atoms with Crippen LogP contribution in [0.15, 0.2) is 30.7 Å². The molecule has 0 aliphatic rings. The zero-order valence-corrected chi connectivity index (χ0v) is 12.6. The van der Waals surface area contributed by atoms with Crippen molar-refractivity contribution in [3.05, 3.63) is 42.0 Å². The predicted octanol–water partition coefficient (Wildman–Crippen LogP) is 3.08. The lowest BCUT2D eigenvalue weighted by Gasteiger charge is -2.12. The smallest absolute Gasteiger partial charge is 0.161 e. The van der Waals surface area contributed by atoms with Gasteiger partial charge in [-0.1, -0.05) is 6.92 Å². The Bertz CT molecular complexity index is 620. The molecule has 1 aromatic carbocycles. The molecular formula is C16H20N2O3. The van der Waals surface area contributed by atoms with Crippen LogP contribution in [0.25, 0.3) is 0 Å². The fraction of sp³-hybridized carbons (Fsp3) is 0.375. The number of carbonyl (C=O) groups is 1. The first-order valence-corrected chi connectivity index (χ1v) is 6.96. The molecule has 1 aromatic heterocycles. The lowest BCUT2D eigenvalue weighted by Crippen LogP contribution is -2.06. The van der Waals surface area contributed by atoms with Crippen LogP contribution in [0.1, 0.15) is 36.3 Å². The van der Waals surface area contributed by atoms with Gasteiger partial charge >= 0.3 is 0 Å². The molecule has 0 aliphatic carbocycles. The fourth-order valence-corrected chi connectivity index (χ4v) is 2.07. The third kappa shape index (κ3) is 3.62. The van der Waals surface area contributed by atoms with Gasteiger partial charge in [0.15, 0.2) is 17.3 Å². The Labute approximate surface area is 124 Å². The summed E-state index contributed by atoms with van der Waals surface area (Å²) in [4.78, 5) is 15.5. The molecule has 1 heterocycles. The summed E-state index contributed by atoms with van der Waals surface area (Å²) in [5, 5.41) is 0. The Morgan fingerprint density at radius 1 is 1.33 bits per heavy atom. The number of ether oxygens (including phenoxy) is 2. The molecule has 21 heavy (non-hydrogen) atoms. The maximum Gasteiger partial charge on any atom is 0.161 e. The van der Waals surface area contributed by atoms with Crippen molar-refractivity contribution in [2.75, 3.05) is 7.11 Å². The first kappa shape index (κ1) is 15.1. The van der Waals surface area contributed by atoms with E-state index in [1.165, 1.54) is 6.92 Å². The van der Waals surface area contributed by atoms with E-state index in [9.17, 15) is 4.79 Å². The molecule has 0 radical (unpaired) electrons. The first-order chi connectivity index (χ1) is 10.2. The van der Waals surface area contributed by atoms with Crippen LogP contribution in [-0.2, 0) is 13.2 Å². The molecule has 0 fully saturated rings. The van der Waals surface area contributed by atoms with E-state index in [4.69, 9.17) is 9.47 Å². The molecule has 0 aliphatic heterocycles. The van der Waals surface area contributed by atoms with Gasteiger partial charge in [-0.05, 0) is 31.5 Å². The number of nitrogens with zero attached hydrogens (tertiary/aromatic N) is 2. The molecule has 5 nitrogen and oxygen atoms in total. The van der Waals surface area contributed by atoms with Crippen molar-refractivity contribution < 1.29 is 14.3 Å². The normalized spacial score (nSPS) is 10.4. The number of Topliss-reactive ketones (excluding diaryl/α,β-unsaturated/α-hetero) is 1. The van der Waals surface area contributed by atoms with Gasteiger partial charge in [0.25, 0.3) is 0 Å². The Morgan fingerprint density at radius 3 is 2.81 bits per heavy atom. The summed E-state index contributed by atoms with van der Waals surface area (Å²) >= 11 is 0. The molecule has 0 spiro atoms. The molecule has 5 heteroatoms. The van der Waals surface area contributed by atoms with Crippen LogP contribution < -0.4 is 9.47 Å². The Morgan fingerprint density at radius 2 is 2.14 bits per heavy atom. The number of benzene rings is 1. The van der Waals surface area contributed by atoms with Crippen molar-refractivity contribution >= 4 is 5.78 Å². The number of rotatable bonds is 7. The summed E-state index contributed by atoms with van der Waals surface area (Å²) in [5.74, 6) is 1.18. The van der Waals surface area contributed by atoms with E-state index in [1.54, 1.807) is 37.8 Å². The van der Waals surface area contributed by atoms with Crippen LogP contribution in [0.2, 0.25) is 0 Å². The maximum absolute atomic E-state index is 11.4. The summed E-state index contributed by atoms with van der Waals surface area (Å²) in [6.07, 6.45) is 4.64. The van der Waals surface area contributed by atoms with E-state index in [1.807, 2.05) is 0 Å². The summed E-state index contributed by atoms with van der Waals surface area (Å²) in [7, 11) is 1.56. The van der Waals surface area contributed by atoms with E-state index in [0.717, 1.165) is 18.7 Å². The average Bonchev–Trinajstić information content (AvgIpc) is 2.92. The molecule has 2 rings (SSSR count). The highest BCUT2D eigenvalue weighted by molar-refractivity contribution is 5.94. The highest BCUT2D eigenvalue weighted by atomic mass is 16.5. The highest BCUT2D eigenvalue weighted by Crippen LogP contribution is 2.29. The minimum Gasteiger partial charge on any atom is -0.493 e. The number of carbonyl (C=O) groups excluding carboxylic acids is 1. The molecule has 0 N–H and O–H groups in total. The van der Waals surface area contributed by atoms with Crippen LogP contribution in [-0.4, -0.2) is 22.4 Å². The minimum absolute atomic E-state index is 0.000808. The van der Waals surface area contributed by atoms with Crippen LogP contribution in [0.4, 0.5) is 0 Å². The third-order valence-corrected chi connectivity index (χ3v) is 3.21. The number of hydrogen-bond acceptors (Lipinski definition) is 4. The van der Waals surface area contributed by atoms with E-state index >= 15 is 0 Å². The molecule has 0 bridgehead atoms. The Kier molecular flexibility index (Phi) is 4.98. The summed E-state index contributed by atoms with van der Waals surface area (Å²) in [5.41, 5.74) is 1.62. The first-order valence-electron chi connectivity index (χ1n) is 6.96. The van der Waals surface area contributed by atoms with Crippen LogP contribution in [0.5, 0.6) is 11.5 Å². The molecule has 0 unspecified atom stereocenters. The average molecular weight is 288 g/mol. The Hall–Kier alpha value is -2.30. The van der Waals surface area contributed by atoms with Gasteiger partial charge in [0.2, 0.25) is 0 Å². The van der Waals surface area contributed by atoms with Gasteiger partial charge in [-0.3, -0.25) is 4.79 Å². The number of aryl methyl sites for hydroxylation is 1. The monoisotopic (exact) mass is 288 g/mol. The van der Waals surface area contributed by atoms with Crippen LogP contribution >= 0.6 is 0 Å². The second-order valence-electron chi connectivity index (χ2n) is 4.79. The van der Waals surface area contributed by atoms with E-state index in [-0.39, 0.29) is 5.78 Å². The summed E-state index contributed by atoms with van der Waals surface area (Å²) in [6, 6.07) is 5.20. The van der Waals surface area contributed by atoms with E-state index < -0.39 is 0 Å². The summed E-state index contributed by atoms with van der Waals surface area (Å²) in [6.45, 7) is 4.97. The molecule has 0 atom stereocenters. The largest absolute Gasteiger partial charge is 0.493 e. The molecule has 0 saturated carbocycles. The van der Waals surface area contributed by atoms with Crippen LogP contribution in [0, 0.1) is 0 Å². The number of aromatic nitrogens is 2. The topological polar surface area (TPSA) is 53.4 Å². The van der Waals surface area contributed by atoms with E-state index in [0.29, 0.717) is 23.7 Å². The molecule has 112 valence electrons. The highest BCUT2D eigenvalue weighted by Gasteiger charge is 2.09. The second kappa shape index (κ2) is 6.92.